The Hall–Kier alpha value is -3.83. The second-order valence-corrected chi connectivity index (χ2v) is 10.7. The molecule has 5 rings (SSSR count). The Balaban J connectivity index is 1.43. The van der Waals surface area contributed by atoms with E-state index in [0.717, 1.165) is 17.5 Å². The predicted octanol–water partition coefficient (Wildman–Crippen LogP) is 4.98. The maximum Gasteiger partial charge on any atom is 0.237 e. The van der Waals surface area contributed by atoms with Gasteiger partial charge in [-0.2, -0.15) is 0 Å². The molecular weight excluding hydrogens is 577 g/mol. The third-order valence-corrected chi connectivity index (χ3v) is 7.82. The van der Waals surface area contributed by atoms with Crippen molar-refractivity contribution in [3.63, 3.8) is 0 Å². The van der Waals surface area contributed by atoms with E-state index in [9.17, 15) is 4.79 Å². The van der Waals surface area contributed by atoms with E-state index < -0.39 is 0 Å². The normalized spacial score (nSPS) is 15.4. The number of ether oxygens (including phenoxy) is 2. The van der Waals surface area contributed by atoms with Crippen molar-refractivity contribution in [3.05, 3.63) is 70.2 Å². The van der Waals surface area contributed by atoms with Crippen molar-refractivity contribution < 1.29 is 14.3 Å². The fraction of sp³-hybridized carbons (Fsp3) is 0.300. The SMILES string of the molecule is COc1nc(-c2cccc(-c3cccc(-c4cnc(C(C)N)c(OC)n4)c3Cl)c2Cl)cnc1CNCC1CCC(=O)N1. The van der Waals surface area contributed by atoms with Gasteiger partial charge in [-0.3, -0.25) is 14.8 Å². The van der Waals surface area contributed by atoms with Gasteiger partial charge in [-0.25, -0.2) is 9.97 Å². The highest BCUT2D eigenvalue weighted by atomic mass is 35.5. The third kappa shape index (κ3) is 6.17. The summed E-state index contributed by atoms with van der Waals surface area (Å²) in [6.07, 6.45) is 4.68. The Bertz CT molecular complexity index is 1620. The van der Waals surface area contributed by atoms with E-state index in [1.54, 1.807) is 19.5 Å². The Morgan fingerprint density at radius 3 is 2.07 bits per heavy atom. The molecule has 12 heteroatoms. The van der Waals surface area contributed by atoms with E-state index >= 15 is 0 Å². The van der Waals surface area contributed by atoms with Crippen LogP contribution in [0.1, 0.15) is 37.2 Å². The lowest BCUT2D eigenvalue weighted by Crippen LogP contribution is -2.35. The number of rotatable bonds is 10. The van der Waals surface area contributed by atoms with E-state index in [1.807, 2.05) is 43.3 Å². The van der Waals surface area contributed by atoms with Crippen LogP contribution in [-0.2, 0) is 11.3 Å². The summed E-state index contributed by atoms with van der Waals surface area (Å²) < 4.78 is 11.0. The number of benzene rings is 2. The largest absolute Gasteiger partial charge is 0.480 e. The number of amides is 1. The summed E-state index contributed by atoms with van der Waals surface area (Å²) in [7, 11) is 3.08. The summed E-state index contributed by atoms with van der Waals surface area (Å²) in [6.45, 7) is 2.90. The van der Waals surface area contributed by atoms with E-state index in [4.69, 9.17) is 43.4 Å². The van der Waals surface area contributed by atoms with Crippen LogP contribution in [0.3, 0.4) is 0 Å². The quantitative estimate of drug-likeness (QED) is 0.228. The first-order valence-corrected chi connectivity index (χ1v) is 14.2. The second kappa shape index (κ2) is 13.0. The second-order valence-electron chi connectivity index (χ2n) is 9.92. The molecule has 1 aliphatic rings. The minimum Gasteiger partial charge on any atom is -0.480 e. The molecule has 0 bridgehead atoms. The zero-order valence-electron chi connectivity index (χ0n) is 23.4. The summed E-state index contributed by atoms with van der Waals surface area (Å²) in [5.74, 6) is 0.820. The van der Waals surface area contributed by atoms with Gasteiger partial charge in [0.2, 0.25) is 17.7 Å². The number of nitrogens with zero attached hydrogens (tertiary/aromatic N) is 4. The topological polar surface area (TPSA) is 137 Å². The van der Waals surface area contributed by atoms with Crippen LogP contribution in [0.4, 0.5) is 0 Å². The molecule has 1 saturated heterocycles. The molecule has 2 aromatic heterocycles. The number of hydrogen-bond acceptors (Lipinski definition) is 9. The van der Waals surface area contributed by atoms with E-state index in [1.165, 1.54) is 7.11 Å². The van der Waals surface area contributed by atoms with Gasteiger partial charge in [-0.1, -0.05) is 59.6 Å². The van der Waals surface area contributed by atoms with Gasteiger partial charge >= 0.3 is 0 Å². The monoisotopic (exact) mass is 607 g/mol. The molecule has 0 saturated carbocycles. The molecule has 1 amide bonds. The predicted molar refractivity (Wildman–Crippen MR) is 163 cm³/mol. The summed E-state index contributed by atoms with van der Waals surface area (Å²) in [6, 6.07) is 11.1. The first kappa shape index (κ1) is 29.7. The molecule has 0 spiro atoms. The number of nitrogens with one attached hydrogen (secondary N) is 2. The number of methoxy groups -OCH3 is 2. The van der Waals surface area contributed by atoms with E-state index in [-0.39, 0.29) is 18.0 Å². The van der Waals surface area contributed by atoms with Crippen molar-refractivity contribution in [2.75, 3.05) is 20.8 Å². The molecular formula is C30H31Cl2N7O3. The standard InChI is InChI=1S/C30H31Cl2N7O3/c1-16(33)28-30(42-3)39-23(15-36-28)21-9-5-7-19(27(21)32)18-6-4-8-20(26(18)31)22-14-35-24(29(38-22)41-2)13-34-12-17-10-11-25(40)37-17/h4-9,14-17,34H,10-13,33H2,1-3H3,(H,37,40). The molecule has 2 aromatic carbocycles. The Kier molecular flexibility index (Phi) is 9.18. The van der Waals surface area contributed by atoms with Crippen molar-refractivity contribution in [1.82, 2.24) is 30.6 Å². The molecule has 42 heavy (non-hydrogen) atoms. The number of carbonyl (C=O) groups excluding carboxylic acids is 1. The molecule has 2 atom stereocenters. The molecule has 218 valence electrons. The van der Waals surface area contributed by atoms with Crippen molar-refractivity contribution in [3.8, 4) is 45.4 Å². The molecule has 10 nitrogen and oxygen atoms in total. The minimum absolute atomic E-state index is 0.0837. The highest BCUT2D eigenvalue weighted by molar-refractivity contribution is 6.39. The van der Waals surface area contributed by atoms with Gasteiger partial charge in [0, 0.05) is 53.8 Å². The summed E-state index contributed by atoms with van der Waals surface area (Å²) >= 11 is 13.9. The lowest BCUT2D eigenvalue weighted by atomic mass is 9.98. The maximum absolute atomic E-state index is 11.4. The van der Waals surface area contributed by atoms with Crippen LogP contribution in [0.2, 0.25) is 10.0 Å². The highest BCUT2D eigenvalue weighted by Gasteiger charge is 2.22. The van der Waals surface area contributed by atoms with E-state index in [2.05, 4.69) is 25.6 Å². The highest BCUT2D eigenvalue weighted by Crippen LogP contribution is 2.42. The van der Waals surface area contributed by atoms with Crippen LogP contribution < -0.4 is 25.8 Å². The Morgan fingerprint density at radius 1 is 0.952 bits per heavy atom. The van der Waals surface area contributed by atoms with Gasteiger partial charge in [0.1, 0.15) is 11.4 Å². The van der Waals surface area contributed by atoms with Gasteiger partial charge in [0.25, 0.3) is 0 Å². The first-order valence-electron chi connectivity index (χ1n) is 13.4. The summed E-state index contributed by atoms with van der Waals surface area (Å²) in [5.41, 5.74) is 11.1. The Morgan fingerprint density at radius 2 is 1.52 bits per heavy atom. The van der Waals surface area contributed by atoms with Crippen LogP contribution in [0.25, 0.3) is 33.6 Å². The minimum atomic E-state index is -0.335. The van der Waals surface area contributed by atoms with Crippen LogP contribution in [0.15, 0.2) is 48.8 Å². The van der Waals surface area contributed by atoms with Crippen LogP contribution in [0.5, 0.6) is 11.8 Å². The molecule has 3 heterocycles. The third-order valence-electron chi connectivity index (χ3n) is 7.00. The van der Waals surface area contributed by atoms with Crippen molar-refractivity contribution in [1.29, 1.82) is 0 Å². The fourth-order valence-corrected chi connectivity index (χ4v) is 5.51. The van der Waals surface area contributed by atoms with Crippen LogP contribution in [0, 0.1) is 0 Å². The average molecular weight is 609 g/mol. The summed E-state index contributed by atoms with van der Waals surface area (Å²) in [4.78, 5) is 29.8. The lowest BCUT2D eigenvalue weighted by molar-refractivity contribution is -0.119. The molecule has 2 unspecified atom stereocenters. The molecule has 4 N–H and O–H groups in total. The molecule has 1 fully saturated rings. The van der Waals surface area contributed by atoms with Gasteiger partial charge in [-0.05, 0) is 13.3 Å². The van der Waals surface area contributed by atoms with Crippen molar-refractivity contribution in [2.24, 2.45) is 5.73 Å². The zero-order chi connectivity index (χ0) is 29.8. The first-order chi connectivity index (χ1) is 20.3. The Labute approximate surface area is 254 Å². The molecule has 1 aliphatic heterocycles. The summed E-state index contributed by atoms with van der Waals surface area (Å²) in [5, 5.41) is 7.19. The number of carbonyl (C=O) groups is 1. The molecule has 0 radical (unpaired) electrons. The number of aromatic nitrogens is 4. The molecule has 4 aromatic rings. The smallest absolute Gasteiger partial charge is 0.237 e. The van der Waals surface area contributed by atoms with Crippen LogP contribution >= 0.6 is 23.2 Å². The van der Waals surface area contributed by atoms with Gasteiger partial charge in [0.15, 0.2) is 0 Å². The van der Waals surface area contributed by atoms with Crippen molar-refractivity contribution >= 4 is 29.1 Å². The van der Waals surface area contributed by atoms with Gasteiger partial charge in [0.05, 0.1) is 48.0 Å². The lowest BCUT2D eigenvalue weighted by Gasteiger charge is -2.15. The van der Waals surface area contributed by atoms with Gasteiger partial charge < -0.3 is 25.8 Å². The number of nitrogens with two attached hydrogens (primary N) is 1. The average Bonchev–Trinajstić information content (AvgIpc) is 3.42. The maximum atomic E-state index is 11.4. The number of halogens is 2. The number of hydrogen-bond donors (Lipinski definition) is 3. The fourth-order valence-electron chi connectivity index (χ4n) is 4.86. The van der Waals surface area contributed by atoms with Crippen LogP contribution in [-0.4, -0.2) is 52.6 Å². The van der Waals surface area contributed by atoms with Gasteiger partial charge in [-0.15, -0.1) is 0 Å². The molecule has 0 aliphatic carbocycles. The van der Waals surface area contributed by atoms with E-state index in [0.29, 0.717) is 75.2 Å². The zero-order valence-corrected chi connectivity index (χ0v) is 25.0. The van der Waals surface area contributed by atoms with Crippen molar-refractivity contribution in [2.45, 2.75) is 38.4 Å².